The molecule has 1 aromatic rings. The van der Waals surface area contributed by atoms with Crippen molar-refractivity contribution in [2.75, 3.05) is 20.6 Å². The van der Waals surface area contributed by atoms with Crippen molar-refractivity contribution in [3.8, 4) is 5.75 Å². The van der Waals surface area contributed by atoms with Gasteiger partial charge in [0.05, 0.1) is 5.60 Å². The summed E-state index contributed by atoms with van der Waals surface area (Å²) < 4.78 is 0. The molecule has 1 aliphatic carbocycles. The molecule has 106 valence electrons. The Hall–Kier alpha value is -1.06. The van der Waals surface area contributed by atoms with Crippen LogP contribution in [-0.4, -0.2) is 41.4 Å². The fraction of sp³-hybridized carbons (Fsp3) is 0.625. The van der Waals surface area contributed by atoms with Crippen LogP contribution in [0.1, 0.15) is 43.6 Å². The molecule has 0 heterocycles. The first kappa shape index (κ1) is 14.4. The lowest BCUT2D eigenvalue weighted by molar-refractivity contribution is -0.0277. The van der Waals surface area contributed by atoms with Crippen LogP contribution in [0, 0.1) is 0 Å². The summed E-state index contributed by atoms with van der Waals surface area (Å²) in [5.41, 5.74) is 0.411. The standard InChI is InChI=1S/C16H25NO2/c1-17(2)12-15(13-7-6-8-14(18)11-13)16(19)9-4-3-5-10-16/h6-8,11,15,18-19H,3-5,9-10,12H2,1-2H3. The molecule has 19 heavy (non-hydrogen) atoms. The minimum absolute atomic E-state index is 0.0647. The predicted octanol–water partition coefficient (Wildman–Crippen LogP) is 2.73. The SMILES string of the molecule is CN(C)CC(c1cccc(O)c1)C1(O)CCCCC1. The number of hydrogen-bond acceptors (Lipinski definition) is 3. The van der Waals surface area contributed by atoms with E-state index < -0.39 is 5.60 Å². The van der Waals surface area contributed by atoms with Crippen molar-refractivity contribution in [3.63, 3.8) is 0 Å². The van der Waals surface area contributed by atoms with E-state index in [0.717, 1.165) is 37.8 Å². The number of aliphatic hydroxyl groups is 1. The topological polar surface area (TPSA) is 43.7 Å². The van der Waals surface area contributed by atoms with Gasteiger partial charge >= 0.3 is 0 Å². The quantitative estimate of drug-likeness (QED) is 0.878. The van der Waals surface area contributed by atoms with Gasteiger partial charge in [-0.25, -0.2) is 0 Å². The van der Waals surface area contributed by atoms with Crippen LogP contribution < -0.4 is 0 Å². The monoisotopic (exact) mass is 263 g/mol. The number of nitrogens with zero attached hydrogens (tertiary/aromatic N) is 1. The van der Waals surface area contributed by atoms with Crippen LogP contribution in [0.4, 0.5) is 0 Å². The largest absolute Gasteiger partial charge is 0.508 e. The summed E-state index contributed by atoms with van der Waals surface area (Å²) in [7, 11) is 4.06. The summed E-state index contributed by atoms with van der Waals surface area (Å²) in [6, 6.07) is 7.35. The Morgan fingerprint density at radius 2 is 1.89 bits per heavy atom. The van der Waals surface area contributed by atoms with E-state index in [0.29, 0.717) is 0 Å². The highest BCUT2D eigenvalue weighted by atomic mass is 16.3. The molecular formula is C16H25NO2. The van der Waals surface area contributed by atoms with Crippen molar-refractivity contribution in [1.82, 2.24) is 4.90 Å². The zero-order chi connectivity index (χ0) is 13.9. The Balaban J connectivity index is 2.29. The van der Waals surface area contributed by atoms with Crippen molar-refractivity contribution >= 4 is 0 Å². The number of phenols is 1. The molecule has 0 saturated heterocycles. The molecule has 1 aliphatic rings. The molecule has 1 unspecified atom stereocenters. The van der Waals surface area contributed by atoms with Crippen LogP contribution in [0.25, 0.3) is 0 Å². The van der Waals surface area contributed by atoms with Crippen LogP contribution in [0.15, 0.2) is 24.3 Å². The molecule has 2 N–H and O–H groups in total. The van der Waals surface area contributed by atoms with Crippen LogP contribution in [-0.2, 0) is 0 Å². The first-order valence-electron chi connectivity index (χ1n) is 7.17. The second kappa shape index (κ2) is 5.93. The fourth-order valence-electron chi connectivity index (χ4n) is 3.20. The van der Waals surface area contributed by atoms with E-state index in [1.807, 2.05) is 26.2 Å². The second-order valence-electron chi connectivity index (χ2n) is 6.07. The number of aromatic hydroxyl groups is 1. The van der Waals surface area contributed by atoms with Crippen molar-refractivity contribution < 1.29 is 10.2 Å². The minimum Gasteiger partial charge on any atom is -0.508 e. The van der Waals surface area contributed by atoms with Crippen LogP contribution in [0.3, 0.4) is 0 Å². The number of benzene rings is 1. The predicted molar refractivity (Wildman–Crippen MR) is 77.4 cm³/mol. The van der Waals surface area contributed by atoms with Gasteiger partial charge in [-0.15, -0.1) is 0 Å². The molecule has 0 aliphatic heterocycles. The first-order chi connectivity index (χ1) is 9.01. The van der Waals surface area contributed by atoms with Gasteiger partial charge < -0.3 is 15.1 Å². The van der Waals surface area contributed by atoms with Crippen molar-refractivity contribution in [2.24, 2.45) is 0 Å². The minimum atomic E-state index is -0.629. The van der Waals surface area contributed by atoms with E-state index in [9.17, 15) is 10.2 Å². The van der Waals surface area contributed by atoms with Crippen molar-refractivity contribution in [3.05, 3.63) is 29.8 Å². The molecule has 0 radical (unpaired) electrons. The van der Waals surface area contributed by atoms with Crippen molar-refractivity contribution in [2.45, 2.75) is 43.6 Å². The molecule has 3 heteroatoms. The molecule has 1 aromatic carbocycles. The maximum atomic E-state index is 11.0. The Bertz CT molecular complexity index is 411. The third kappa shape index (κ3) is 3.48. The highest BCUT2D eigenvalue weighted by molar-refractivity contribution is 5.32. The summed E-state index contributed by atoms with van der Waals surface area (Å²) in [5, 5.41) is 20.7. The van der Waals surface area contributed by atoms with Crippen LogP contribution in [0.2, 0.25) is 0 Å². The zero-order valence-corrected chi connectivity index (χ0v) is 12.0. The highest BCUT2D eigenvalue weighted by Crippen LogP contribution is 2.40. The van der Waals surface area contributed by atoms with Gasteiger partial charge in [-0.05, 0) is 44.6 Å². The van der Waals surface area contributed by atoms with E-state index in [4.69, 9.17) is 0 Å². The molecule has 2 rings (SSSR count). The number of likely N-dealkylation sites (N-methyl/N-ethyl adjacent to an activating group) is 1. The summed E-state index contributed by atoms with van der Waals surface area (Å²) in [5.74, 6) is 0.343. The van der Waals surface area contributed by atoms with Gasteiger partial charge in [0.2, 0.25) is 0 Å². The molecule has 0 amide bonds. The van der Waals surface area contributed by atoms with E-state index >= 15 is 0 Å². The molecule has 0 spiro atoms. The smallest absolute Gasteiger partial charge is 0.115 e. The van der Waals surface area contributed by atoms with Gasteiger partial charge in [0.15, 0.2) is 0 Å². The molecule has 1 atom stereocenters. The molecule has 0 bridgehead atoms. The molecule has 1 saturated carbocycles. The summed E-state index contributed by atoms with van der Waals surface area (Å²) in [6.07, 6.45) is 5.14. The second-order valence-corrected chi connectivity index (χ2v) is 6.07. The Labute approximate surface area is 115 Å². The third-order valence-corrected chi connectivity index (χ3v) is 4.19. The van der Waals surface area contributed by atoms with Gasteiger partial charge in [-0.2, -0.15) is 0 Å². The van der Waals surface area contributed by atoms with Crippen molar-refractivity contribution in [1.29, 1.82) is 0 Å². The lowest BCUT2D eigenvalue weighted by Gasteiger charge is -2.40. The maximum Gasteiger partial charge on any atom is 0.115 e. The van der Waals surface area contributed by atoms with Gasteiger partial charge in [-0.1, -0.05) is 31.4 Å². The van der Waals surface area contributed by atoms with E-state index in [1.165, 1.54) is 6.42 Å². The summed E-state index contributed by atoms with van der Waals surface area (Å²) >= 11 is 0. The van der Waals surface area contributed by atoms with Gasteiger partial charge in [0.1, 0.15) is 5.75 Å². The summed E-state index contributed by atoms with van der Waals surface area (Å²) in [4.78, 5) is 2.11. The molecular weight excluding hydrogens is 238 g/mol. The van der Waals surface area contributed by atoms with Crippen LogP contribution in [0.5, 0.6) is 5.75 Å². The number of phenolic OH excluding ortho intramolecular Hbond substituents is 1. The average molecular weight is 263 g/mol. The normalized spacial score (nSPS) is 20.4. The third-order valence-electron chi connectivity index (χ3n) is 4.19. The molecule has 1 fully saturated rings. The average Bonchev–Trinajstić information content (AvgIpc) is 2.36. The Morgan fingerprint density at radius 3 is 2.47 bits per heavy atom. The van der Waals surface area contributed by atoms with Gasteiger partial charge in [0.25, 0.3) is 0 Å². The van der Waals surface area contributed by atoms with Gasteiger partial charge in [0, 0.05) is 12.5 Å². The maximum absolute atomic E-state index is 11.0. The highest BCUT2D eigenvalue weighted by Gasteiger charge is 2.38. The first-order valence-corrected chi connectivity index (χ1v) is 7.17. The summed E-state index contributed by atoms with van der Waals surface area (Å²) in [6.45, 7) is 0.806. The molecule has 3 nitrogen and oxygen atoms in total. The zero-order valence-electron chi connectivity index (χ0n) is 12.0. The van der Waals surface area contributed by atoms with E-state index in [1.54, 1.807) is 12.1 Å². The number of rotatable bonds is 4. The lowest BCUT2D eigenvalue weighted by atomic mass is 9.72. The van der Waals surface area contributed by atoms with E-state index in [2.05, 4.69) is 4.90 Å². The fourth-order valence-corrected chi connectivity index (χ4v) is 3.20. The lowest BCUT2D eigenvalue weighted by Crippen LogP contribution is -2.42. The Kier molecular flexibility index (Phi) is 4.48. The van der Waals surface area contributed by atoms with E-state index in [-0.39, 0.29) is 11.7 Å². The van der Waals surface area contributed by atoms with Crippen LogP contribution >= 0.6 is 0 Å². The van der Waals surface area contributed by atoms with Gasteiger partial charge in [-0.3, -0.25) is 0 Å². The molecule has 0 aromatic heterocycles. The Morgan fingerprint density at radius 1 is 1.21 bits per heavy atom. The number of hydrogen-bond donors (Lipinski definition) is 2.